The Morgan fingerprint density at radius 1 is 1.13 bits per heavy atom. The third-order valence-corrected chi connectivity index (χ3v) is 4.40. The van der Waals surface area contributed by atoms with Crippen LogP contribution in [0.4, 0.5) is 0 Å². The van der Waals surface area contributed by atoms with Gasteiger partial charge in [-0.25, -0.2) is 4.79 Å². The summed E-state index contributed by atoms with van der Waals surface area (Å²) >= 11 is 0. The maximum Gasteiger partial charge on any atom is 0.329 e. The Balaban J connectivity index is 1.63. The number of aromatic nitrogens is 2. The van der Waals surface area contributed by atoms with Gasteiger partial charge in [-0.15, -0.1) is 0 Å². The first kappa shape index (κ1) is 21.9. The molecular formula is C21H23N3O7. The summed E-state index contributed by atoms with van der Waals surface area (Å²) in [5.74, 6) is 0.267. The first-order chi connectivity index (χ1) is 14.9. The Morgan fingerprint density at radius 3 is 2.55 bits per heavy atom. The molecule has 10 nitrogen and oxygen atoms in total. The topological polar surface area (TPSA) is 126 Å². The van der Waals surface area contributed by atoms with Gasteiger partial charge in [-0.3, -0.25) is 4.79 Å². The molecule has 0 aliphatic carbocycles. The fraction of sp³-hybridized carbons (Fsp3) is 0.333. The minimum atomic E-state index is -0.870. The van der Waals surface area contributed by atoms with Crippen LogP contribution in [-0.4, -0.2) is 42.3 Å². The highest BCUT2D eigenvalue weighted by atomic mass is 16.6. The Kier molecular flexibility index (Phi) is 6.91. The van der Waals surface area contributed by atoms with Crippen molar-refractivity contribution in [3.63, 3.8) is 0 Å². The molecule has 1 aromatic carbocycles. The summed E-state index contributed by atoms with van der Waals surface area (Å²) in [6, 6.07) is 7.40. The fourth-order valence-corrected chi connectivity index (χ4v) is 2.75. The molecule has 31 heavy (non-hydrogen) atoms. The predicted octanol–water partition coefficient (Wildman–Crippen LogP) is 2.84. The van der Waals surface area contributed by atoms with Crippen LogP contribution in [0.15, 0.2) is 45.5 Å². The van der Waals surface area contributed by atoms with E-state index in [1.807, 2.05) is 0 Å². The molecule has 0 saturated heterocycles. The molecule has 3 rings (SSSR count). The van der Waals surface area contributed by atoms with Crippen LogP contribution in [0.5, 0.6) is 11.5 Å². The highest BCUT2D eigenvalue weighted by molar-refractivity contribution is 5.94. The molecular weight excluding hydrogens is 406 g/mol. The Hall–Kier alpha value is -3.82. The van der Waals surface area contributed by atoms with E-state index in [1.165, 1.54) is 19.4 Å². The standard InChI is InChI=1S/C21H23N3O7/c1-12(2)18(23-20(25)15-6-5-9-29-15)21(26)30-11-17-22-19(24-31-17)13-7-8-14(27-3)16(10-13)28-4/h5-10,12,18H,11H2,1-4H3,(H,23,25)/t18-/m0/s1. The maximum atomic E-state index is 12.5. The molecule has 0 unspecified atom stereocenters. The number of nitrogens with one attached hydrogen (secondary N) is 1. The number of hydrogen-bond donors (Lipinski definition) is 1. The molecule has 3 aromatic rings. The maximum absolute atomic E-state index is 12.5. The number of esters is 1. The van der Waals surface area contributed by atoms with Gasteiger partial charge in [0.05, 0.1) is 20.5 Å². The molecule has 0 bridgehead atoms. The molecule has 1 amide bonds. The number of ether oxygens (including phenoxy) is 3. The van der Waals surface area contributed by atoms with E-state index in [9.17, 15) is 9.59 Å². The van der Waals surface area contributed by atoms with Gasteiger partial charge < -0.3 is 28.5 Å². The molecule has 0 radical (unpaired) electrons. The van der Waals surface area contributed by atoms with Crippen molar-refractivity contribution in [1.82, 2.24) is 15.5 Å². The van der Waals surface area contributed by atoms with Gasteiger partial charge in [-0.1, -0.05) is 19.0 Å². The van der Waals surface area contributed by atoms with Crippen molar-refractivity contribution < 1.29 is 32.7 Å². The normalized spacial score (nSPS) is 11.8. The van der Waals surface area contributed by atoms with Crippen molar-refractivity contribution >= 4 is 11.9 Å². The number of rotatable bonds is 9. The van der Waals surface area contributed by atoms with E-state index >= 15 is 0 Å². The van der Waals surface area contributed by atoms with Crippen LogP contribution in [0.2, 0.25) is 0 Å². The zero-order chi connectivity index (χ0) is 22.4. The lowest BCUT2D eigenvalue weighted by Gasteiger charge is -2.19. The average Bonchev–Trinajstić information content (AvgIpc) is 3.47. The second-order valence-corrected chi connectivity index (χ2v) is 6.86. The molecule has 2 aromatic heterocycles. The molecule has 164 valence electrons. The van der Waals surface area contributed by atoms with Gasteiger partial charge in [0, 0.05) is 5.56 Å². The fourth-order valence-electron chi connectivity index (χ4n) is 2.75. The second kappa shape index (κ2) is 9.79. The van der Waals surface area contributed by atoms with Gasteiger partial charge in [0.25, 0.3) is 11.8 Å². The second-order valence-electron chi connectivity index (χ2n) is 6.86. The SMILES string of the molecule is COc1ccc(-c2noc(COC(=O)[C@@H](NC(=O)c3ccco3)C(C)C)n2)cc1OC. The Bertz CT molecular complexity index is 1030. The molecule has 0 fully saturated rings. The summed E-state index contributed by atoms with van der Waals surface area (Å²) in [6.07, 6.45) is 1.38. The third kappa shape index (κ3) is 5.21. The zero-order valence-electron chi connectivity index (χ0n) is 17.6. The van der Waals surface area contributed by atoms with Crippen LogP contribution in [0.3, 0.4) is 0 Å². The molecule has 2 heterocycles. The highest BCUT2D eigenvalue weighted by Gasteiger charge is 2.27. The average molecular weight is 429 g/mol. The van der Waals surface area contributed by atoms with Gasteiger partial charge in [0.2, 0.25) is 5.82 Å². The van der Waals surface area contributed by atoms with Crippen molar-refractivity contribution in [2.75, 3.05) is 14.2 Å². The lowest BCUT2D eigenvalue weighted by molar-refractivity contribution is -0.149. The Labute approximate surface area is 178 Å². The van der Waals surface area contributed by atoms with Gasteiger partial charge >= 0.3 is 5.97 Å². The van der Waals surface area contributed by atoms with E-state index in [2.05, 4.69) is 15.5 Å². The lowest BCUT2D eigenvalue weighted by atomic mass is 10.0. The smallest absolute Gasteiger partial charge is 0.329 e. The summed E-state index contributed by atoms with van der Waals surface area (Å²) < 4.78 is 26.0. The number of amides is 1. The van der Waals surface area contributed by atoms with E-state index in [-0.39, 0.29) is 24.2 Å². The summed E-state index contributed by atoms with van der Waals surface area (Å²) in [4.78, 5) is 28.9. The number of carbonyl (C=O) groups excluding carboxylic acids is 2. The largest absolute Gasteiger partial charge is 0.493 e. The van der Waals surface area contributed by atoms with E-state index in [4.69, 9.17) is 23.2 Å². The zero-order valence-corrected chi connectivity index (χ0v) is 17.6. The summed E-state index contributed by atoms with van der Waals surface area (Å²) in [7, 11) is 3.07. The van der Waals surface area contributed by atoms with Gasteiger partial charge in [0.15, 0.2) is 23.9 Å². The molecule has 0 aliphatic heterocycles. The number of benzene rings is 1. The summed E-state index contributed by atoms with van der Waals surface area (Å²) in [6.45, 7) is 3.34. The van der Waals surface area contributed by atoms with E-state index in [0.717, 1.165) is 0 Å². The third-order valence-electron chi connectivity index (χ3n) is 4.40. The first-order valence-electron chi connectivity index (χ1n) is 9.49. The van der Waals surface area contributed by atoms with Crippen molar-refractivity contribution in [1.29, 1.82) is 0 Å². The lowest BCUT2D eigenvalue weighted by Crippen LogP contribution is -2.45. The highest BCUT2D eigenvalue weighted by Crippen LogP contribution is 2.31. The molecule has 1 N–H and O–H groups in total. The monoisotopic (exact) mass is 429 g/mol. The van der Waals surface area contributed by atoms with E-state index in [1.54, 1.807) is 45.2 Å². The number of methoxy groups -OCH3 is 2. The first-order valence-corrected chi connectivity index (χ1v) is 9.49. The predicted molar refractivity (Wildman–Crippen MR) is 107 cm³/mol. The summed E-state index contributed by atoms with van der Waals surface area (Å²) in [5.41, 5.74) is 0.643. The minimum Gasteiger partial charge on any atom is -0.493 e. The molecule has 0 saturated carbocycles. The van der Waals surface area contributed by atoms with Crippen molar-refractivity contribution in [3.8, 4) is 22.9 Å². The number of carbonyl (C=O) groups is 2. The van der Waals surface area contributed by atoms with Crippen molar-refractivity contribution in [3.05, 3.63) is 48.2 Å². The number of hydrogen-bond acceptors (Lipinski definition) is 9. The van der Waals surface area contributed by atoms with Crippen LogP contribution in [-0.2, 0) is 16.1 Å². The van der Waals surface area contributed by atoms with Crippen molar-refractivity contribution in [2.45, 2.75) is 26.5 Å². The number of nitrogens with zero attached hydrogens (tertiary/aromatic N) is 2. The molecule has 1 atom stereocenters. The molecule has 10 heteroatoms. The molecule has 0 aliphatic rings. The van der Waals surface area contributed by atoms with Crippen LogP contribution < -0.4 is 14.8 Å². The van der Waals surface area contributed by atoms with Crippen LogP contribution in [0, 0.1) is 5.92 Å². The van der Waals surface area contributed by atoms with E-state index < -0.39 is 17.9 Å². The minimum absolute atomic E-state index is 0.106. The Morgan fingerprint density at radius 2 is 1.90 bits per heavy atom. The quantitative estimate of drug-likeness (QED) is 0.511. The van der Waals surface area contributed by atoms with Crippen LogP contribution in [0.25, 0.3) is 11.4 Å². The van der Waals surface area contributed by atoms with E-state index in [0.29, 0.717) is 22.9 Å². The van der Waals surface area contributed by atoms with Gasteiger partial charge in [0.1, 0.15) is 6.04 Å². The molecule has 0 spiro atoms. The number of furan rings is 1. The van der Waals surface area contributed by atoms with Crippen molar-refractivity contribution in [2.24, 2.45) is 5.92 Å². The summed E-state index contributed by atoms with van der Waals surface area (Å²) in [5, 5.41) is 6.51. The van der Waals surface area contributed by atoms with Gasteiger partial charge in [-0.2, -0.15) is 4.98 Å². The van der Waals surface area contributed by atoms with Crippen LogP contribution in [0.1, 0.15) is 30.3 Å². The van der Waals surface area contributed by atoms with Gasteiger partial charge in [-0.05, 0) is 36.2 Å². The van der Waals surface area contributed by atoms with Crippen LogP contribution >= 0.6 is 0 Å².